The van der Waals surface area contributed by atoms with E-state index in [1.165, 1.54) is 0 Å². The fourth-order valence-electron chi connectivity index (χ4n) is 1.89. The Hall–Kier alpha value is -1.01. The Bertz CT molecular complexity index is 693. The molecule has 3 nitrogen and oxygen atoms in total. The van der Waals surface area contributed by atoms with Crippen molar-refractivity contribution in [2.75, 3.05) is 24.5 Å². The molecule has 0 atom stereocenters. The molecule has 2 rings (SSSR count). The van der Waals surface area contributed by atoms with E-state index in [9.17, 15) is 0 Å². The fourth-order valence-corrected chi connectivity index (χ4v) is 3.02. The zero-order valence-electron chi connectivity index (χ0n) is 13.1. The number of guanidine groups is 1. The summed E-state index contributed by atoms with van der Waals surface area (Å²) in [5.41, 5.74) is 7.81. The third kappa shape index (κ3) is 5.24. The monoisotopic (exact) mass is 387 g/mol. The number of anilines is 1. The first-order chi connectivity index (χ1) is 10.5. The van der Waals surface area contributed by atoms with Gasteiger partial charge in [0.1, 0.15) is 0 Å². The molecule has 0 heterocycles. The van der Waals surface area contributed by atoms with Gasteiger partial charge in [-0.2, -0.15) is 0 Å². The first kappa shape index (κ1) is 20.0. The van der Waals surface area contributed by atoms with Crippen molar-refractivity contribution in [1.82, 2.24) is 0 Å². The number of rotatable bonds is 4. The van der Waals surface area contributed by atoms with Crippen LogP contribution in [0.3, 0.4) is 0 Å². The van der Waals surface area contributed by atoms with Gasteiger partial charge < -0.3 is 10.6 Å². The van der Waals surface area contributed by atoms with E-state index in [1.54, 1.807) is 28.4 Å². The zero-order valence-corrected chi connectivity index (χ0v) is 16.3. The minimum Gasteiger partial charge on any atom is -0.369 e. The van der Waals surface area contributed by atoms with Crippen LogP contribution in [0.2, 0.25) is 5.02 Å². The minimum atomic E-state index is 0. The molecule has 2 aromatic carbocycles. The molecule has 0 saturated carbocycles. The molecule has 2 N–H and O–H groups in total. The van der Waals surface area contributed by atoms with Gasteiger partial charge in [0.05, 0.1) is 16.4 Å². The van der Waals surface area contributed by atoms with Gasteiger partial charge in [0.25, 0.3) is 0 Å². The molecular weight excluding hydrogens is 369 g/mol. The Kier molecular flexibility index (Phi) is 8.12. The van der Waals surface area contributed by atoms with Gasteiger partial charge in [0.2, 0.25) is 5.96 Å². The number of thioether (sulfide) groups is 2. The summed E-state index contributed by atoms with van der Waals surface area (Å²) in [4.78, 5) is 8.56. The lowest BCUT2D eigenvalue weighted by Crippen LogP contribution is -2.33. The van der Waals surface area contributed by atoms with Crippen molar-refractivity contribution >= 4 is 64.9 Å². The summed E-state index contributed by atoms with van der Waals surface area (Å²) in [5, 5.41) is 0.649. The maximum Gasteiger partial charge on any atom is 0.200 e. The highest BCUT2D eigenvalue weighted by molar-refractivity contribution is 7.98. The predicted octanol–water partition coefficient (Wildman–Crippen LogP) is 5.29. The van der Waals surface area contributed by atoms with E-state index in [2.05, 4.69) is 4.99 Å². The molecule has 7 heteroatoms. The molecule has 0 aromatic heterocycles. The van der Waals surface area contributed by atoms with Crippen molar-refractivity contribution < 1.29 is 0 Å². The molecule has 0 saturated heterocycles. The molecule has 0 unspecified atom stereocenters. The van der Waals surface area contributed by atoms with Crippen LogP contribution in [0.1, 0.15) is 0 Å². The summed E-state index contributed by atoms with van der Waals surface area (Å²) in [5.74, 6) is 0.401. The molecule has 0 spiro atoms. The van der Waals surface area contributed by atoms with Crippen LogP contribution < -0.4 is 10.6 Å². The van der Waals surface area contributed by atoms with Crippen LogP contribution in [0.15, 0.2) is 57.2 Å². The van der Waals surface area contributed by atoms with Gasteiger partial charge in [-0.1, -0.05) is 17.7 Å². The Balaban J connectivity index is 0.00000264. The summed E-state index contributed by atoms with van der Waals surface area (Å²) >= 11 is 9.61. The van der Waals surface area contributed by atoms with Crippen LogP contribution in [0.4, 0.5) is 11.4 Å². The standard InChI is InChI=1S/C16H18ClN3S2.ClH/c1-20(15-10-13(22-3)7-8-14(15)17)16(18)19-11-5-4-6-12(9-11)21-2;/h4-10H,1-3H3,(H2,18,19);1H. The minimum absolute atomic E-state index is 0. The first-order valence-electron chi connectivity index (χ1n) is 6.60. The van der Waals surface area contributed by atoms with Gasteiger partial charge in [-0.3, -0.25) is 0 Å². The maximum absolute atomic E-state index is 6.28. The summed E-state index contributed by atoms with van der Waals surface area (Å²) in [6, 6.07) is 13.8. The number of nitrogens with two attached hydrogens (primary N) is 1. The second-order valence-corrected chi connectivity index (χ2v) is 6.71. The van der Waals surface area contributed by atoms with Crippen LogP contribution in [-0.2, 0) is 0 Å². The number of benzene rings is 2. The highest BCUT2D eigenvalue weighted by Crippen LogP contribution is 2.30. The fraction of sp³-hybridized carbons (Fsp3) is 0.188. The third-order valence-electron chi connectivity index (χ3n) is 3.16. The highest BCUT2D eigenvalue weighted by atomic mass is 35.5. The van der Waals surface area contributed by atoms with Crippen molar-refractivity contribution in [3.63, 3.8) is 0 Å². The van der Waals surface area contributed by atoms with Crippen molar-refractivity contribution in [3.8, 4) is 0 Å². The summed E-state index contributed by atoms with van der Waals surface area (Å²) in [6.45, 7) is 0. The van der Waals surface area contributed by atoms with Crippen molar-refractivity contribution in [2.45, 2.75) is 9.79 Å². The van der Waals surface area contributed by atoms with Gasteiger partial charge in [-0.15, -0.1) is 35.9 Å². The van der Waals surface area contributed by atoms with Crippen molar-refractivity contribution in [2.24, 2.45) is 10.7 Å². The van der Waals surface area contributed by atoms with E-state index in [0.29, 0.717) is 11.0 Å². The van der Waals surface area contributed by atoms with Crippen LogP contribution in [-0.4, -0.2) is 25.5 Å². The molecule has 124 valence electrons. The number of nitrogens with zero attached hydrogens (tertiary/aromatic N) is 2. The molecule has 0 fully saturated rings. The molecule has 0 aliphatic heterocycles. The third-order valence-corrected chi connectivity index (χ3v) is 4.93. The van der Waals surface area contributed by atoms with Gasteiger partial charge >= 0.3 is 0 Å². The Morgan fingerprint density at radius 2 is 1.74 bits per heavy atom. The lowest BCUT2D eigenvalue weighted by atomic mass is 10.3. The largest absolute Gasteiger partial charge is 0.369 e. The second kappa shape index (κ2) is 9.33. The first-order valence-corrected chi connectivity index (χ1v) is 9.43. The number of aliphatic imine (C=N–C) groups is 1. The molecule has 2 aromatic rings. The molecular formula is C16H19Cl2N3S2. The smallest absolute Gasteiger partial charge is 0.200 e. The summed E-state index contributed by atoms with van der Waals surface area (Å²) in [6.07, 6.45) is 4.06. The SMILES string of the molecule is CSc1cccc(N=C(N)N(C)c2cc(SC)ccc2Cl)c1.Cl. The Morgan fingerprint density at radius 3 is 2.39 bits per heavy atom. The molecule has 23 heavy (non-hydrogen) atoms. The molecule has 0 bridgehead atoms. The second-order valence-electron chi connectivity index (χ2n) is 4.55. The average molecular weight is 388 g/mol. The van der Waals surface area contributed by atoms with E-state index in [0.717, 1.165) is 21.2 Å². The molecule has 0 amide bonds. The highest BCUT2D eigenvalue weighted by Gasteiger charge is 2.10. The van der Waals surface area contributed by atoms with Crippen LogP contribution in [0.5, 0.6) is 0 Å². The Morgan fingerprint density at radius 1 is 1.09 bits per heavy atom. The molecule has 0 aliphatic carbocycles. The number of hydrogen-bond acceptors (Lipinski definition) is 3. The van der Waals surface area contributed by atoms with E-state index in [4.69, 9.17) is 17.3 Å². The number of hydrogen-bond donors (Lipinski definition) is 1. The van der Waals surface area contributed by atoms with Crippen molar-refractivity contribution in [1.29, 1.82) is 0 Å². The normalized spacial score (nSPS) is 11.0. The van der Waals surface area contributed by atoms with Crippen molar-refractivity contribution in [3.05, 3.63) is 47.5 Å². The zero-order chi connectivity index (χ0) is 16.1. The summed E-state index contributed by atoms with van der Waals surface area (Å²) < 4.78 is 0. The van der Waals surface area contributed by atoms with E-state index >= 15 is 0 Å². The van der Waals surface area contributed by atoms with Gasteiger partial charge in [-0.05, 0) is 48.9 Å². The van der Waals surface area contributed by atoms with Gasteiger partial charge in [0.15, 0.2) is 0 Å². The predicted molar refractivity (Wildman–Crippen MR) is 108 cm³/mol. The van der Waals surface area contributed by atoms with Gasteiger partial charge in [0, 0.05) is 16.8 Å². The van der Waals surface area contributed by atoms with Crippen LogP contribution in [0.25, 0.3) is 0 Å². The molecule has 0 radical (unpaired) electrons. The van der Waals surface area contributed by atoms with Gasteiger partial charge in [-0.25, -0.2) is 4.99 Å². The maximum atomic E-state index is 6.28. The summed E-state index contributed by atoms with van der Waals surface area (Å²) in [7, 11) is 1.86. The number of halogens is 2. The molecule has 0 aliphatic rings. The van der Waals surface area contributed by atoms with E-state index in [1.807, 2.05) is 62.0 Å². The Labute approximate surface area is 157 Å². The van der Waals surface area contributed by atoms with Crippen LogP contribution in [0, 0.1) is 0 Å². The topological polar surface area (TPSA) is 41.6 Å². The quantitative estimate of drug-likeness (QED) is 0.439. The van der Waals surface area contributed by atoms with Crippen LogP contribution >= 0.6 is 47.5 Å². The lowest BCUT2D eigenvalue weighted by Gasteiger charge is -2.20. The van der Waals surface area contributed by atoms with E-state index < -0.39 is 0 Å². The average Bonchev–Trinajstić information content (AvgIpc) is 2.54. The lowest BCUT2D eigenvalue weighted by molar-refractivity contribution is 1.20. The van der Waals surface area contributed by atoms with E-state index in [-0.39, 0.29) is 12.4 Å².